The summed E-state index contributed by atoms with van der Waals surface area (Å²) in [6.45, 7) is 0.561. The van der Waals surface area contributed by atoms with Crippen LogP contribution in [0.2, 0.25) is 0 Å². The fourth-order valence-corrected chi connectivity index (χ4v) is 1.34. The number of rotatable bonds is 3. The van der Waals surface area contributed by atoms with Gasteiger partial charge in [0.25, 0.3) is 0 Å². The molecular weight excluding hydrogens is 237 g/mol. The Labute approximate surface area is 94.2 Å². The first kappa shape index (κ1) is 11.6. The third kappa shape index (κ3) is 3.30. The third-order valence-corrected chi connectivity index (χ3v) is 1.94. The summed E-state index contributed by atoms with van der Waals surface area (Å²) in [6.07, 6.45) is -2.78. The molecule has 2 aromatic rings. The van der Waals surface area contributed by atoms with Crippen LogP contribution in [-0.2, 0) is 13.0 Å². The standard InChI is InChI=1S/C9H9F3N4O/c1-6-13-8(17-15-6)4-7-2-3-16(14-7)5-9(10,11)12/h2-3H,4-5H2,1H3. The number of hydrogen-bond donors (Lipinski definition) is 0. The molecule has 0 aliphatic heterocycles. The zero-order valence-corrected chi connectivity index (χ0v) is 8.90. The maximum atomic E-state index is 12.1. The number of alkyl halides is 3. The lowest BCUT2D eigenvalue weighted by molar-refractivity contribution is -0.142. The highest BCUT2D eigenvalue weighted by Gasteiger charge is 2.28. The summed E-state index contributed by atoms with van der Waals surface area (Å²) in [5, 5.41) is 7.35. The highest BCUT2D eigenvalue weighted by Crippen LogP contribution is 2.17. The molecule has 0 saturated carbocycles. The molecule has 0 radical (unpaired) electrons. The van der Waals surface area contributed by atoms with Gasteiger partial charge in [-0.25, -0.2) is 0 Å². The molecule has 0 N–H and O–H groups in total. The van der Waals surface area contributed by atoms with E-state index in [4.69, 9.17) is 4.52 Å². The van der Waals surface area contributed by atoms with Crippen LogP contribution in [0.4, 0.5) is 13.2 Å². The van der Waals surface area contributed by atoms with E-state index in [-0.39, 0.29) is 6.42 Å². The Bertz CT molecular complexity index is 502. The van der Waals surface area contributed by atoms with Crippen LogP contribution in [0.5, 0.6) is 0 Å². The Hall–Kier alpha value is -1.86. The minimum atomic E-state index is -4.27. The van der Waals surface area contributed by atoms with E-state index >= 15 is 0 Å². The van der Waals surface area contributed by atoms with E-state index in [1.54, 1.807) is 6.92 Å². The Balaban J connectivity index is 2.03. The maximum Gasteiger partial charge on any atom is 0.408 e. The van der Waals surface area contributed by atoms with E-state index in [1.807, 2.05) is 0 Å². The fraction of sp³-hybridized carbons (Fsp3) is 0.444. The molecule has 0 saturated heterocycles. The number of halogens is 3. The summed E-state index contributed by atoms with van der Waals surface area (Å²) in [7, 11) is 0. The van der Waals surface area contributed by atoms with E-state index in [2.05, 4.69) is 15.2 Å². The topological polar surface area (TPSA) is 56.7 Å². The minimum absolute atomic E-state index is 0.228. The average molecular weight is 246 g/mol. The Morgan fingerprint density at radius 3 is 2.76 bits per heavy atom. The summed E-state index contributed by atoms with van der Waals surface area (Å²) in [4.78, 5) is 3.94. The van der Waals surface area contributed by atoms with E-state index < -0.39 is 12.7 Å². The Morgan fingerprint density at radius 2 is 2.18 bits per heavy atom. The van der Waals surface area contributed by atoms with E-state index in [1.165, 1.54) is 12.3 Å². The first-order valence-electron chi connectivity index (χ1n) is 4.81. The summed E-state index contributed by atoms with van der Waals surface area (Å²) < 4.78 is 41.9. The summed E-state index contributed by atoms with van der Waals surface area (Å²) in [6, 6.07) is 1.49. The van der Waals surface area contributed by atoms with Crippen molar-refractivity contribution in [2.75, 3.05) is 0 Å². The van der Waals surface area contributed by atoms with Crippen molar-refractivity contribution < 1.29 is 17.7 Å². The van der Waals surface area contributed by atoms with Crippen molar-refractivity contribution in [3.63, 3.8) is 0 Å². The van der Waals surface area contributed by atoms with Crippen LogP contribution in [0.3, 0.4) is 0 Å². The molecule has 0 atom stereocenters. The molecule has 5 nitrogen and oxygen atoms in total. The zero-order valence-electron chi connectivity index (χ0n) is 8.90. The quantitative estimate of drug-likeness (QED) is 0.827. The van der Waals surface area contributed by atoms with E-state index in [0.29, 0.717) is 17.4 Å². The predicted octanol–water partition coefficient (Wildman–Crippen LogP) is 1.73. The van der Waals surface area contributed by atoms with Gasteiger partial charge in [0.05, 0.1) is 12.1 Å². The molecule has 0 unspecified atom stereocenters. The van der Waals surface area contributed by atoms with Crippen molar-refractivity contribution in [2.45, 2.75) is 26.1 Å². The Morgan fingerprint density at radius 1 is 1.41 bits per heavy atom. The molecule has 0 amide bonds. The summed E-state index contributed by atoms with van der Waals surface area (Å²) in [5.74, 6) is 0.814. The Kier molecular flexibility index (Phi) is 2.86. The molecule has 0 aliphatic carbocycles. The molecule has 17 heavy (non-hydrogen) atoms. The van der Waals surface area contributed by atoms with Gasteiger partial charge < -0.3 is 4.52 Å². The maximum absolute atomic E-state index is 12.1. The lowest BCUT2D eigenvalue weighted by Gasteiger charge is -2.05. The number of aryl methyl sites for hydroxylation is 1. The zero-order chi connectivity index (χ0) is 12.5. The van der Waals surface area contributed by atoms with Crippen LogP contribution in [0, 0.1) is 6.92 Å². The number of hydrogen-bond acceptors (Lipinski definition) is 4. The van der Waals surface area contributed by atoms with Crippen LogP contribution < -0.4 is 0 Å². The lowest BCUT2D eigenvalue weighted by Crippen LogP contribution is -2.18. The van der Waals surface area contributed by atoms with Crippen molar-refractivity contribution in [1.29, 1.82) is 0 Å². The predicted molar refractivity (Wildman–Crippen MR) is 50.1 cm³/mol. The number of aromatic nitrogens is 4. The van der Waals surface area contributed by atoms with E-state index in [0.717, 1.165) is 4.68 Å². The van der Waals surface area contributed by atoms with Gasteiger partial charge in [0.2, 0.25) is 5.89 Å². The van der Waals surface area contributed by atoms with Gasteiger partial charge in [-0.1, -0.05) is 5.16 Å². The van der Waals surface area contributed by atoms with Gasteiger partial charge in [-0.3, -0.25) is 4.68 Å². The van der Waals surface area contributed by atoms with E-state index in [9.17, 15) is 13.2 Å². The van der Waals surface area contributed by atoms with Gasteiger partial charge in [0.15, 0.2) is 5.82 Å². The average Bonchev–Trinajstić information content (AvgIpc) is 2.74. The molecule has 8 heteroatoms. The van der Waals surface area contributed by atoms with Crippen LogP contribution >= 0.6 is 0 Å². The lowest BCUT2D eigenvalue weighted by atomic mass is 10.3. The molecule has 92 valence electrons. The van der Waals surface area contributed by atoms with Crippen molar-refractivity contribution >= 4 is 0 Å². The van der Waals surface area contributed by atoms with Crippen molar-refractivity contribution in [3.8, 4) is 0 Å². The second kappa shape index (κ2) is 4.19. The molecule has 0 aliphatic rings. The molecule has 0 bridgehead atoms. The van der Waals surface area contributed by atoms with Gasteiger partial charge >= 0.3 is 6.18 Å². The molecular formula is C9H9F3N4O. The van der Waals surface area contributed by atoms with Crippen LogP contribution in [0.15, 0.2) is 16.8 Å². The van der Waals surface area contributed by atoms with Crippen molar-refractivity contribution in [3.05, 3.63) is 29.7 Å². The first-order chi connectivity index (χ1) is 7.92. The second-order valence-electron chi connectivity index (χ2n) is 3.53. The van der Waals surface area contributed by atoms with Gasteiger partial charge in [-0.05, 0) is 13.0 Å². The molecule has 2 heterocycles. The second-order valence-corrected chi connectivity index (χ2v) is 3.53. The van der Waals surface area contributed by atoms with Crippen LogP contribution in [0.1, 0.15) is 17.4 Å². The highest BCUT2D eigenvalue weighted by molar-refractivity contribution is 5.05. The molecule has 2 aromatic heterocycles. The smallest absolute Gasteiger partial charge is 0.339 e. The van der Waals surface area contributed by atoms with Crippen LogP contribution in [-0.4, -0.2) is 26.1 Å². The summed E-state index contributed by atoms with van der Waals surface area (Å²) >= 11 is 0. The number of nitrogens with zero attached hydrogens (tertiary/aromatic N) is 4. The normalized spacial score (nSPS) is 12.0. The van der Waals surface area contributed by atoms with Gasteiger partial charge in [0.1, 0.15) is 6.54 Å². The summed E-state index contributed by atoms with van der Waals surface area (Å²) in [5.41, 5.74) is 0.456. The highest BCUT2D eigenvalue weighted by atomic mass is 19.4. The molecule has 0 spiro atoms. The monoisotopic (exact) mass is 246 g/mol. The van der Waals surface area contributed by atoms with Crippen molar-refractivity contribution in [1.82, 2.24) is 19.9 Å². The first-order valence-corrected chi connectivity index (χ1v) is 4.81. The minimum Gasteiger partial charge on any atom is -0.339 e. The van der Waals surface area contributed by atoms with Gasteiger partial charge in [-0.15, -0.1) is 0 Å². The third-order valence-electron chi connectivity index (χ3n) is 1.94. The SMILES string of the molecule is Cc1noc(Cc2ccn(CC(F)(F)F)n2)n1. The molecule has 2 rings (SSSR count). The fourth-order valence-electron chi connectivity index (χ4n) is 1.34. The molecule has 0 fully saturated rings. The van der Waals surface area contributed by atoms with Crippen LogP contribution in [0.25, 0.3) is 0 Å². The molecule has 0 aromatic carbocycles. The largest absolute Gasteiger partial charge is 0.408 e. The van der Waals surface area contributed by atoms with Gasteiger partial charge in [0, 0.05) is 6.20 Å². The van der Waals surface area contributed by atoms with Gasteiger partial charge in [-0.2, -0.15) is 23.3 Å². The van der Waals surface area contributed by atoms with Crippen molar-refractivity contribution in [2.24, 2.45) is 0 Å².